The number of amides is 1. The lowest BCUT2D eigenvalue weighted by molar-refractivity contribution is -0.128. The van der Waals surface area contributed by atoms with E-state index in [2.05, 4.69) is 30.3 Å². The summed E-state index contributed by atoms with van der Waals surface area (Å²) in [5.74, 6) is 1.99. The molecule has 2 atom stereocenters. The molecule has 0 saturated carbocycles. The van der Waals surface area contributed by atoms with Crippen molar-refractivity contribution in [1.82, 2.24) is 30.0 Å². The van der Waals surface area contributed by atoms with Gasteiger partial charge in [-0.05, 0) is 19.3 Å². The Kier molecular flexibility index (Phi) is 4.83. The summed E-state index contributed by atoms with van der Waals surface area (Å²) < 4.78 is 1.57. The van der Waals surface area contributed by atoms with E-state index in [1.54, 1.807) is 11.0 Å². The Morgan fingerprint density at radius 2 is 2.12 bits per heavy atom. The molecule has 0 aromatic carbocycles. The molecule has 0 aliphatic carbocycles. The fraction of sp³-hybridized carbons (Fsp3) is 0.500. The van der Waals surface area contributed by atoms with E-state index in [4.69, 9.17) is 0 Å². The van der Waals surface area contributed by atoms with Crippen LogP contribution in [0.3, 0.4) is 0 Å². The molecular formula is C16H19N7O2S. The van der Waals surface area contributed by atoms with Gasteiger partial charge in [-0.3, -0.25) is 9.59 Å². The first kappa shape index (κ1) is 17.0. The minimum Gasteiger partial charge on any atom is -0.356 e. The van der Waals surface area contributed by atoms with Crippen LogP contribution in [0.4, 0.5) is 5.82 Å². The summed E-state index contributed by atoms with van der Waals surface area (Å²) in [6.45, 7) is 1.41. The summed E-state index contributed by atoms with van der Waals surface area (Å²) in [6.07, 6.45) is 6.95. The number of carbonyl (C=O) groups is 2. The first-order valence-electron chi connectivity index (χ1n) is 8.60. The highest BCUT2D eigenvalue weighted by molar-refractivity contribution is 8.14. The predicted molar refractivity (Wildman–Crippen MR) is 95.9 cm³/mol. The van der Waals surface area contributed by atoms with Crippen LogP contribution in [0.1, 0.15) is 19.3 Å². The summed E-state index contributed by atoms with van der Waals surface area (Å²) in [6, 6.07) is 1.51. The molecule has 4 heterocycles. The van der Waals surface area contributed by atoms with Crippen molar-refractivity contribution >= 4 is 28.6 Å². The van der Waals surface area contributed by atoms with E-state index in [0.717, 1.165) is 37.4 Å². The van der Waals surface area contributed by atoms with E-state index in [1.807, 2.05) is 6.07 Å². The molecule has 2 aromatic rings. The highest BCUT2D eigenvalue weighted by atomic mass is 32.2. The molecule has 2 aliphatic rings. The van der Waals surface area contributed by atoms with Gasteiger partial charge in [-0.15, -0.1) is 0 Å². The highest BCUT2D eigenvalue weighted by Gasteiger charge is 2.32. The lowest BCUT2D eigenvalue weighted by atomic mass is 9.96. The molecule has 1 N–H and O–H groups in total. The number of hydrogen-bond donors (Lipinski definition) is 1. The Balaban J connectivity index is 1.44. The Bertz CT molecular complexity index is 798. The Morgan fingerprint density at radius 1 is 1.23 bits per heavy atom. The van der Waals surface area contributed by atoms with Crippen molar-refractivity contribution in [2.24, 2.45) is 5.92 Å². The minimum absolute atomic E-state index is 0.0406. The fourth-order valence-corrected chi connectivity index (χ4v) is 4.21. The fourth-order valence-electron chi connectivity index (χ4n) is 3.28. The number of aromatic nitrogens is 5. The molecule has 4 rings (SSSR count). The third kappa shape index (κ3) is 3.55. The monoisotopic (exact) mass is 373 g/mol. The first-order valence-corrected chi connectivity index (χ1v) is 9.58. The standard InChI is InChI=1S/C16H19N7O2S/c24-15(21-12-3-5-26-16(12)25)11-2-1-4-22(7-11)13-6-14(19-9-18-13)23-10-17-8-20-23/h6,8-12H,1-5,7H2,(H,21,24)/t11-,12-/m0/s1. The van der Waals surface area contributed by atoms with Crippen LogP contribution in [0.25, 0.3) is 5.82 Å². The summed E-state index contributed by atoms with van der Waals surface area (Å²) in [5.41, 5.74) is 0. The summed E-state index contributed by atoms with van der Waals surface area (Å²) in [4.78, 5) is 38.9. The number of nitrogens with one attached hydrogen (secondary N) is 1. The molecule has 0 spiro atoms. The second kappa shape index (κ2) is 7.40. The van der Waals surface area contributed by atoms with Crippen molar-refractivity contribution in [3.63, 3.8) is 0 Å². The van der Waals surface area contributed by atoms with Gasteiger partial charge in [0, 0.05) is 24.9 Å². The molecule has 2 fully saturated rings. The van der Waals surface area contributed by atoms with Gasteiger partial charge in [0.25, 0.3) is 0 Å². The SMILES string of the molecule is O=C(N[C@H]1CCSC1=O)[C@H]1CCCN(c2cc(-n3cncn3)ncn2)C1. The number of rotatable bonds is 4. The molecule has 136 valence electrons. The zero-order valence-corrected chi connectivity index (χ0v) is 14.9. The Morgan fingerprint density at radius 3 is 2.88 bits per heavy atom. The van der Waals surface area contributed by atoms with Crippen molar-refractivity contribution in [3.05, 3.63) is 25.0 Å². The topological polar surface area (TPSA) is 106 Å². The number of nitrogens with zero attached hydrogens (tertiary/aromatic N) is 6. The zero-order chi connectivity index (χ0) is 17.9. The highest BCUT2D eigenvalue weighted by Crippen LogP contribution is 2.24. The first-order chi connectivity index (χ1) is 12.7. The van der Waals surface area contributed by atoms with Crippen molar-refractivity contribution in [2.75, 3.05) is 23.7 Å². The molecule has 0 unspecified atom stereocenters. The van der Waals surface area contributed by atoms with E-state index in [0.29, 0.717) is 12.4 Å². The minimum atomic E-state index is -0.333. The van der Waals surface area contributed by atoms with Gasteiger partial charge >= 0.3 is 0 Å². The number of piperidine rings is 1. The van der Waals surface area contributed by atoms with Crippen LogP contribution >= 0.6 is 11.8 Å². The molecule has 0 radical (unpaired) electrons. The summed E-state index contributed by atoms with van der Waals surface area (Å²) in [7, 11) is 0. The summed E-state index contributed by atoms with van der Waals surface area (Å²) in [5, 5.41) is 7.06. The quantitative estimate of drug-likeness (QED) is 0.822. The molecular weight excluding hydrogens is 354 g/mol. The third-order valence-electron chi connectivity index (χ3n) is 4.66. The maximum absolute atomic E-state index is 12.6. The normalized spacial score (nSPS) is 23.2. The smallest absolute Gasteiger partial charge is 0.225 e. The largest absolute Gasteiger partial charge is 0.356 e. The van der Waals surface area contributed by atoms with E-state index >= 15 is 0 Å². The van der Waals surface area contributed by atoms with E-state index < -0.39 is 0 Å². The zero-order valence-electron chi connectivity index (χ0n) is 14.1. The average Bonchev–Trinajstić information content (AvgIpc) is 3.35. The van der Waals surface area contributed by atoms with Crippen LogP contribution in [0.2, 0.25) is 0 Å². The molecule has 2 aliphatic heterocycles. The van der Waals surface area contributed by atoms with Gasteiger partial charge in [-0.25, -0.2) is 19.6 Å². The Labute approximate surface area is 154 Å². The third-order valence-corrected chi connectivity index (χ3v) is 5.67. The lowest BCUT2D eigenvalue weighted by Crippen LogP contribution is -2.47. The van der Waals surface area contributed by atoms with Gasteiger partial charge in [0.15, 0.2) is 5.82 Å². The van der Waals surface area contributed by atoms with Gasteiger partial charge in [0.2, 0.25) is 11.0 Å². The van der Waals surface area contributed by atoms with Crippen LogP contribution in [-0.2, 0) is 9.59 Å². The van der Waals surface area contributed by atoms with Crippen molar-refractivity contribution < 1.29 is 9.59 Å². The predicted octanol–water partition coefficient (Wildman–Crippen LogP) is 0.422. The van der Waals surface area contributed by atoms with Gasteiger partial charge in [-0.2, -0.15) is 5.10 Å². The lowest BCUT2D eigenvalue weighted by Gasteiger charge is -2.33. The molecule has 2 aromatic heterocycles. The average molecular weight is 373 g/mol. The van der Waals surface area contributed by atoms with Crippen LogP contribution in [0, 0.1) is 5.92 Å². The number of hydrogen-bond acceptors (Lipinski definition) is 8. The maximum Gasteiger partial charge on any atom is 0.225 e. The second-order valence-electron chi connectivity index (χ2n) is 6.38. The number of carbonyl (C=O) groups excluding carboxylic acids is 2. The van der Waals surface area contributed by atoms with Gasteiger partial charge in [0.05, 0.1) is 12.0 Å². The van der Waals surface area contributed by atoms with Crippen LogP contribution in [0.15, 0.2) is 25.0 Å². The van der Waals surface area contributed by atoms with Crippen molar-refractivity contribution in [3.8, 4) is 5.82 Å². The van der Waals surface area contributed by atoms with Gasteiger partial charge in [0.1, 0.15) is 24.8 Å². The number of anilines is 1. The molecule has 1 amide bonds. The second-order valence-corrected chi connectivity index (χ2v) is 7.48. The van der Waals surface area contributed by atoms with Crippen molar-refractivity contribution in [1.29, 1.82) is 0 Å². The van der Waals surface area contributed by atoms with E-state index in [-0.39, 0.29) is 23.0 Å². The molecule has 0 bridgehead atoms. The number of thioether (sulfide) groups is 1. The molecule has 10 heteroatoms. The van der Waals surface area contributed by atoms with Gasteiger partial charge in [-0.1, -0.05) is 11.8 Å². The maximum atomic E-state index is 12.6. The van der Waals surface area contributed by atoms with Crippen LogP contribution in [0.5, 0.6) is 0 Å². The van der Waals surface area contributed by atoms with E-state index in [1.165, 1.54) is 24.4 Å². The molecule has 2 saturated heterocycles. The molecule has 26 heavy (non-hydrogen) atoms. The van der Waals surface area contributed by atoms with E-state index in [9.17, 15) is 9.59 Å². The van der Waals surface area contributed by atoms with Gasteiger partial charge < -0.3 is 10.2 Å². The van der Waals surface area contributed by atoms with Crippen LogP contribution in [-0.4, -0.2) is 60.6 Å². The Hall–Kier alpha value is -2.49. The summed E-state index contributed by atoms with van der Waals surface area (Å²) >= 11 is 1.30. The van der Waals surface area contributed by atoms with Crippen molar-refractivity contribution in [2.45, 2.75) is 25.3 Å². The molecule has 9 nitrogen and oxygen atoms in total. The van der Waals surface area contributed by atoms with Crippen LogP contribution < -0.4 is 10.2 Å².